The van der Waals surface area contributed by atoms with Gasteiger partial charge in [-0.1, -0.05) is 23.7 Å². The summed E-state index contributed by atoms with van der Waals surface area (Å²) in [5, 5.41) is 12.2. The van der Waals surface area contributed by atoms with E-state index in [-0.39, 0.29) is 29.1 Å². The third kappa shape index (κ3) is 4.22. The Morgan fingerprint density at radius 1 is 1.33 bits per heavy atom. The number of halogens is 2. The minimum absolute atomic E-state index is 0.138. The number of nitrogens with one attached hydrogen (secondary N) is 1. The number of aromatic carboxylic acids is 1. The number of methoxy groups -OCH3 is 1. The van der Waals surface area contributed by atoms with Crippen molar-refractivity contribution in [3.8, 4) is 5.75 Å². The Bertz CT molecular complexity index is 866. The molecule has 2 unspecified atom stereocenters. The lowest BCUT2D eigenvalue weighted by molar-refractivity contribution is -0.122. The van der Waals surface area contributed by atoms with E-state index < -0.39 is 5.97 Å². The summed E-state index contributed by atoms with van der Waals surface area (Å²) in [6.07, 6.45) is 1.07. The maximum absolute atomic E-state index is 14.0. The zero-order valence-electron chi connectivity index (χ0n) is 14.7. The summed E-state index contributed by atoms with van der Waals surface area (Å²) in [7, 11) is 1.47. The third-order valence-electron chi connectivity index (χ3n) is 4.73. The second kappa shape index (κ2) is 7.96. The number of rotatable bonds is 7. The van der Waals surface area contributed by atoms with Crippen LogP contribution in [0.4, 0.5) is 4.39 Å². The van der Waals surface area contributed by atoms with Crippen molar-refractivity contribution >= 4 is 23.5 Å². The van der Waals surface area contributed by atoms with Gasteiger partial charge in [0, 0.05) is 29.0 Å². The maximum Gasteiger partial charge on any atom is 0.335 e. The highest BCUT2D eigenvalue weighted by Crippen LogP contribution is 2.50. The first-order valence-electron chi connectivity index (χ1n) is 8.54. The van der Waals surface area contributed by atoms with Crippen LogP contribution in [0.1, 0.15) is 33.8 Å². The lowest BCUT2D eigenvalue weighted by atomic mass is 10.1. The fourth-order valence-electron chi connectivity index (χ4n) is 3.20. The maximum atomic E-state index is 14.0. The molecule has 0 heterocycles. The molecule has 7 heteroatoms. The van der Waals surface area contributed by atoms with Crippen LogP contribution in [0, 0.1) is 11.7 Å². The van der Waals surface area contributed by atoms with Crippen LogP contribution < -0.4 is 10.1 Å². The minimum atomic E-state index is -1.03. The number of carbonyl (C=O) groups excluding carboxylic acids is 1. The molecule has 0 aromatic heterocycles. The van der Waals surface area contributed by atoms with Crippen LogP contribution in [-0.2, 0) is 11.2 Å². The van der Waals surface area contributed by atoms with Crippen molar-refractivity contribution in [2.24, 2.45) is 5.92 Å². The van der Waals surface area contributed by atoms with Crippen LogP contribution in [0.3, 0.4) is 0 Å². The monoisotopic (exact) mass is 391 g/mol. The molecule has 1 aliphatic rings. The molecule has 0 bridgehead atoms. The Kier molecular flexibility index (Phi) is 5.65. The summed E-state index contributed by atoms with van der Waals surface area (Å²) in [6.45, 7) is 0.371. The zero-order valence-corrected chi connectivity index (χ0v) is 15.4. The Hall–Kier alpha value is -2.60. The van der Waals surface area contributed by atoms with Crippen LogP contribution in [-0.4, -0.2) is 30.6 Å². The van der Waals surface area contributed by atoms with Crippen LogP contribution in [0.5, 0.6) is 5.75 Å². The molecule has 1 fully saturated rings. The number of amides is 1. The molecule has 2 N–H and O–H groups in total. The Morgan fingerprint density at radius 3 is 2.78 bits per heavy atom. The predicted molar refractivity (Wildman–Crippen MR) is 98.9 cm³/mol. The number of carboxylic acid groups (broad SMARTS) is 1. The lowest BCUT2D eigenvalue weighted by Gasteiger charge is -2.10. The Labute approximate surface area is 161 Å². The number of hydrogen-bond donors (Lipinski definition) is 2. The van der Waals surface area contributed by atoms with Crippen LogP contribution >= 0.6 is 11.6 Å². The Morgan fingerprint density at radius 2 is 2.11 bits per heavy atom. The molecule has 1 aliphatic carbocycles. The first-order valence-corrected chi connectivity index (χ1v) is 8.92. The van der Waals surface area contributed by atoms with E-state index in [0.29, 0.717) is 35.7 Å². The highest BCUT2D eigenvalue weighted by Gasteiger charge is 2.46. The molecular formula is C20H19ClFNO4. The second-order valence-electron chi connectivity index (χ2n) is 6.46. The van der Waals surface area contributed by atoms with E-state index in [1.54, 1.807) is 18.2 Å². The van der Waals surface area contributed by atoms with Gasteiger partial charge >= 0.3 is 5.97 Å². The average molecular weight is 392 g/mol. The van der Waals surface area contributed by atoms with E-state index >= 15 is 0 Å². The highest BCUT2D eigenvalue weighted by molar-refractivity contribution is 6.31. The second-order valence-corrected chi connectivity index (χ2v) is 6.86. The van der Waals surface area contributed by atoms with E-state index in [2.05, 4.69) is 5.32 Å². The lowest BCUT2D eigenvalue weighted by Crippen LogP contribution is -2.27. The SMILES string of the molecule is COc1cc(C(=O)O)ccc1CCNC(=O)C1CC1c1c(F)cccc1Cl. The topological polar surface area (TPSA) is 75.6 Å². The third-order valence-corrected chi connectivity index (χ3v) is 5.05. The highest BCUT2D eigenvalue weighted by atomic mass is 35.5. The summed E-state index contributed by atoms with van der Waals surface area (Å²) >= 11 is 6.06. The van der Waals surface area contributed by atoms with Crippen molar-refractivity contribution in [2.75, 3.05) is 13.7 Å². The number of hydrogen-bond acceptors (Lipinski definition) is 3. The van der Waals surface area contributed by atoms with Gasteiger partial charge in [0.1, 0.15) is 11.6 Å². The van der Waals surface area contributed by atoms with Gasteiger partial charge in [0.25, 0.3) is 0 Å². The molecule has 2 aromatic carbocycles. The number of ether oxygens (including phenoxy) is 1. The van der Waals surface area contributed by atoms with E-state index in [4.69, 9.17) is 21.4 Å². The van der Waals surface area contributed by atoms with Gasteiger partial charge in [0.05, 0.1) is 12.7 Å². The van der Waals surface area contributed by atoms with Gasteiger partial charge in [-0.2, -0.15) is 0 Å². The molecule has 3 rings (SSSR count). The average Bonchev–Trinajstić information content (AvgIpc) is 3.42. The smallest absolute Gasteiger partial charge is 0.335 e. The van der Waals surface area contributed by atoms with Crippen molar-refractivity contribution in [2.45, 2.75) is 18.8 Å². The van der Waals surface area contributed by atoms with Gasteiger partial charge < -0.3 is 15.2 Å². The van der Waals surface area contributed by atoms with E-state index in [1.165, 1.54) is 25.3 Å². The molecule has 2 atom stereocenters. The summed E-state index contributed by atoms with van der Waals surface area (Å²) in [5.74, 6) is -1.56. The van der Waals surface area contributed by atoms with Crippen molar-refractivity contribution in [1.82, 2.24) is 5.32 Å². The zero-order chi connectivity index (χ0) is 19.6. The van der Waals surface area contributed by atoms with Crippen molar-refractivity contribution < 1.29 is 23.8 Å². The van der Waals surface area contributed by atoms with Crippen molar-refractivity contribution in [3.05, 3.63) is 63.9 Å². The first kappa shape index (κ1) is 19.2. The largest absolute Gasteiger partial charge is 0.496 e. The van der Waals surface area contributed by atoms with Crippen molar-refractivity contribution in [1.29, 1.82) is 0 Å². The summed E-state index contributed by atoms with van der Waals surface area (Å²) < 4.78 is 19.2. The quantitative estimate of drug-likeness (QED) is 0.755. The van der Waals surface area contributed by atoms with Crippen LogP contribution in [0.2, 0.25) is 5.02 Å². The van der Waals surface area contributed by atoms with Crippen molar-refractivity contribution in [3.63, 3.8) is 0 Å². The molecular weight excluding hydrogens is 373 g/mol. The molecule has 0 saturated heterocycles. The van der Waals surface area contributed by atoms with Gasteiger partial charge in [-0.3, -0.25) is 4.79 Å². The molecule has 1 saturated carbocycles. The van der Waals surface area contributed by atoms with Gasteiger partial charge in [-0.05, 0) is 42.7 Å². The molecule has 0 spiro atoms. The van der Waals surface area contributed by atoms with Gasteiger partial charge in [-0.15, -0.1) is 0 Å². The predicted octanol–water partition coefficient (Wildman–Crippen LogP) is 3.65. The van der Waals surface area contributed by atoms with Gasteiger partial charge in [-0.25, -0.2) is 9.18 Å². The van der Waals surface area contributed by atoms with Crippen LogP contribution in [0.25, 0.3) is 0 Å². The number of carboxylic acids is 1. The summed E-state index contributed by atoms with van der Waals surface area (Å²) in [6, 6.07) is 9.15. The first-order chi connectivity index (χ1) is 12.9. The Balaban J connectivity index is 1.56. The van der Waals surface area contributed by atoms with E-state index in [0.717, 1.165) is 5.56 Å². The molecule has 0 radical (unpaired) electrons. The number of carbonyl (C=O) groups is 2. The number of benzene rings is 2. The fourth-order valence-corrected chi connectivity index (χ4v) is 3.51. The normalized spacial score (nSPS) is 18.0. The molecule has 5 nitrogen and oxygen atoms in total. The fraction of sp³-hybridized carbons (Fsp3) is 0.300. The summed E-state index contributed by atoms with van der Waals surface area (Å²) in [5.41, 5.74) is 1.35. The molecule has 1 amide bonds. The van der Waals surface area contributed by atoms with Gasteiger partial charge in [0.15, 0.2) is 0 Å². The van der Waals surface area contributed by atoms with E-state index in [1.807, 2.05) is 0 Å². The standard InChI is InChI=1S/C20H19ClFNO4/c1-27-17-9-12(20(25)26)6-5-11(17)7-8-23-19(24)14-10-13(14)18-15(21)3-2-4-16(18)22/h2-6,9,13-14H,7-8,10H2,1H3,(H,23,24)(H,25,26). The van der Waals surface area contributed by atoms with Gasteiger partial charge in [0.2, 0.25) is 5.91 Å². The molecule has 27 heavy (non-hydrogen) atoms. The minimum Gasteiger partial charge on any atom is -0.496 e. The molecule has 2 aromatic rings. The molecule has 142 valence electrons. The summed E-state index contributed by atoms with van der Waals surface area (Å²) in [4.78, 5) is 23.3. The molecule has 0 aliphatic heterocycles. The van der Waals surface area contributed by atoms with E-state index in [9.17, 15) is 14.0 Å². The van der Waals surface area contributed by atoms with Crippen LogP contribution in [0.15, 0.2) is 36.4 Å².